The van der Waals surface area contributed by atoms with E-state index in [0.717, 1.165) is 5.56 Å². The SMILES string of the molecule is C[C@H]1C[C@@H](NC(=O)CNC(=O)c2ccc(C(C)(C)C)cc2)C(=O)O1. The molecule has 1 aromatic rings. The Morgan fingerprint density at radius 2 is 1.83 bits per heavy atom. The van der Waals surface area contributed by atoms with E-state index in [0.29, 0.717) is 12.0 Å². The first-order valence-electron chi connectivity index (χ1n) is 8.05. The Balaban J connectivity index is 1.84. The summed E-state index contributed by atoms with van der Waals surface area (Å²) in [6.07, 6.45) is 0.256. The van der Waals surface area contributed by atoms with E-state index in [1.54, 1.807) is 19.1 Å². The van der Waals surface area contributed by atoms with Gasteiger partial charge in [-0.05, 0) is 30.0 Å². The smallest absolute Gasteiger partial charge is 0.329 e. The van der Waals surface area contributed by atoms with E-state index < -0.39 is 17.9 Å². The maximum absolute atomic E-state index is 12.1. The predicted molar refractivity (Wildman–Crippen MR) is 89.6 cm³/mol. The molecule has 2 atom stereocenters. The van der Waals surface area contributed by atoms with Crippen LogP contribution in [0.25, 0.3) is 0 Å². The lowest BCUT2D eigenvalue weighted by molar-refractivity contribution is -0.143. The van der Waals surface area contributed by atoms with Crippen LogP contribution >= 0.6 is 0 Å². The fraction of sp³-hybridized carbons (Fsp3) is 0.500. The quantitative estimate of drug-likeness (QED) is 0.819. The summed E-state index contributed by atoms with van der Waals surface area (Å²) in [5.41, 5.74) is 1.64. The van der Waals surface area contributed by atoms with E-state index in [2.05, 4.69) is 31.4 Å². The van der Waals surface area contributed by atoms with Gasteiger partial charge in [0.15, 0.2) is 0 Å². The fourth-order valence-corrected chi connectivity index (χ4v) is 2.50. The normalized spacial score (nSPS) is 20.4. The number of ether oxygens (including phenoxy) is 1. The van der Waals surface area contributed by atoms with Crippen molar-refractivity contribution < 1.29 is 19.1 Å². The Kier molecular flexibility index (Phi) is 5.26. The molecular formula is C18H24N2O4. The highest BCUT2D eigenvalue weighted by atomic mass is 16.6. The lowest BCUT2D eigenvalue weighted by atomic mass is 9.87. The van der Waals surface area contributed by atoms with Crippen LogP contribution < -0.4 is 10.6 Å². The number of esters is 1. The van der Waals surface area contributed by atoms with Crippen LogP contribution in [0.4, 0.5) is 0 Å². The minimum atomic E-state index is -0.629. The second kappa shape index (κ2) is 7.03. The number of cyclic esters (lactones) is 1. The van der Waals surface area contributed by atoms with E-state index in [9.17, 15) is 14.4 Å². The molecule has 0 spiro atoms. The van der Waals surface area contributed by atoms with Gasteiger partial charge in [-0.3, -0.25) is 9.59 Å². The standard InChI is InChI=1S/C18H24N2O4/c1-11-9-14(17(23)24-11)20-15(21)10-19-16(22)12-5-7-13(8-6-12)18(2,3)4/h5-8,11,14H,9-10H2,1-4H3,(H,19,22)(H,20,21)/t11-,14+/m0/s1. The van der Waals surface area contributed by atoms with Gasteiger partial charge in [0, 0.05) is 12.0 Å². The monoisotopic (exact) mass is 332 g/mol. The number of hydrogen-bond acceptors (Lipinski definition) is 4. The Morgan fingerprint density at radius 3 is 2.33 bits per heavy atom. The van der Waals surface area contributed by atoms with Gasteiger partial charge in [0.2, 0.25) is 5.91 Å². The van der Waals surface area contributed by atoms with Gasteiger partial charge >= 0.3 is 5.97 Å². The maximum Gasteiger partial charge on any atom is 0.329 e. The third kappa shape index (κ3) is 4.57. The van der Waals surface area contributed by atoms with E-state index in [-0.39, 0.29) is 24.0 Å². The van der Waals surface area contributed by atoms with E-state index in [1.807, 2.05) is 12.1 Å². The second-order valence-electron chi connectivity index (χ2n) is 7.11. The average Bonchev–Trinajstić information content (AvgIpc) is 2.81. The van der Waals surface area contributed by atoms with Crippen LogP contribution in [-0.4, -0.2) is 36.5 Å². The van der Waals surface area contributed by atoms with Crippen LogP contribution in [0.5, 0.6) is 0 Å². The first-order chi connectivity index (χ1) is 11.2. The molecule has 2 amide bonds. The van der Waals surface area contributed by atoms with Gasteiger partial charge < -0.3 is 15.4 Å². The molecule has 130 valence electrons. The molecule has 1 aliphatic rings. The molecule has 0 radical (unpaired) electrons. The van der Waals surface area contributed by atoms with Crippen LogP contribution in [0, 0.1) is 0 Å². The van der Waals surface area contributed by atoms with Crippen LogP contribution in [0.15, 0.2) is 24.3 Å². The summed E-state index contributed by atoms with van der Waals surface area (Å²) in [7, 11) is 0. The minimum Gasteiger partial charge on any atom is -0.461 e. The molecule has 0 saturated carbocycles. The molecule has 1 heterocycles. The van der Waals surface area contributed by atoms with Crippen molar-refractivity contribution in [2.24, 2.45) is 0 Å². The Bertz CT molecular complexity index is 631. The molecule has 2 N–H and O–H groups in total. The number of nitrogens with one attached hydrogen (secondary N) is 2. The lowest BCUT2D eigenvalue weighted by Gasteiger charge is -2.19. The largest absolute Gasteiger partial charge is 0.461 e. The molecule has 1 saturated heterocycles. The zero-order valence-electron chi connectivity index (χ0n) is 14.5. The maximum atomic E-state index is 12.1. The van der Waals surface area contributed by atoms with Crippen molar-refractivity contribution in [2.45, 2.75) is 51.7 Å². The molecule has 1 fully saturated rings. The van der Waals surface area contributed by atoms with Gasteiger partial charge in [-0.1, -0.05) is 32.9 Å². The van der Waals surface area contributed by atoms with Crippen LogP contribution in [0.3, 0.4) is 0 Å². The summed E-state index contributed by atoms with van der Waals surface area (Å²) >= 11 is 0. The molecular weight excluding hydrogens is 308 g/mol. The van der Waals surface area contributed by atoms with Crippen molar-refractivity contribution >= 4 is 17.8 Å². The zero-order chi connectivity index (χ0) is 17.9. The highest BCUT2D eigenvalue weighted by Gasteiger charge is 2.32. The number of amides is 2. The third-order valence-corrected chi connectivity index (χ3v) is 3.93. The molecule has 0 aliphatic carbocycles. The molecule has 0 bridgehead atoms. The molecule has 0 aromatic heterocycles. The van der Waals surface area contributed by atoms with Crippen LogP contribution in [-0.2, 0) is 19.7 Å². The van der Waals surface area contributed by atoms with Crippen LogP contribution in [0.2, 0.25) is 0 Å². The summed E-state index contributed by atoms with van der Waals surface area (Å²) < 4.78 is 4.97. The first-order valence-corrected chi connectivity index (χ1v) is 8.05. The summed E-state index contributed by atoms with van der Waals surface area (Å²) in [5.74, 6) is -1.17. The highest BCUT2D eigenvalue weighted by Crippen LogP contribution is 2.22. The summed E-state index contributed by atoms with van der Waals surface area (Å²) in [6.45, 7) is 7.88. The molecule has 2 rings (SSSR count). The summed E-state index contributed by atoms with van der Waals surface area (Å²) in [4.78, 5) is 35.4. The van der Waals surface area contributed by atoms with Crippen molar-refractivity contribution in [1.29, 1.82) is 0 Å². The Labute approximate surface area is 142 Å². The summed E-state index contributed by atoms with van der Waals surface area (Å²) in [5, 5.41) is 5.12. The van der Waals surface area contributed by atoms with E-state index in [4.69, 9.17) is 4.74 Å². The highest BCUT2D eigenvalue weighted by molar-refractivity contribution is 5.97. The molecule has 1 aliphatic heterocycles. The van der Waals surface area contributed by atoms with Gasteiger partial charge in [-0.2, -0.15) is 0 Å². The summed E-state index contributed by atoms with van der Waals surface area (Å²) in [6, 6.07) is 6.67. The van der Waals surface area contributed by atoms with Crippen LogP contribution in [0.1, 0.15) is 50.0 Å². The number of benzene rings is 1. The third-order valence-electron chi connectivity index (χ3n) is 3.93. The number of rotatable bonds is 4. The number of carbonyl (C=O) groups is 3. The van der Waals surface area contributed by atoms with Gasteiger partial charge in [-0.25, -0.2) is 4.79 Å². The molecule has 0 unspecified atom stereocenters. The number of hydrogen-bond donors (Lipinski definition) is 2. The predicted octanol–water partition coefficient (Wildman–Crippen LogP) is 1.53. The van der Waals surface area contributed by atoms with Crippen molar-refractivity contribution in [1.82, 2.24) is 10.6 Å². The van der Waals surface area contributed by atoms with Crippen molar-refractivity contribution in [3.63, 3.8) is 0 Å². The van der Waals surface area contributed by atoms with Crippen molar-refractivity contribution in [2.75, 3.05) is 6.54 Å². The minimum absolute atomic E-state index is 0.0158. The zero-order valence-corrected chi connectivity index (χ0v) is 14.5. The Morgan fingerprint density at radius 1 is 1.21 bits per heavy atom. The average molecular weight is 332 g/mol. The molecule has 24 heavy (non-hydrogen) atoms. The molecule has 6 nitrogen and oxygen atoms in total. The van der Waals surface area contributed by atoms with Crippen molar-refractivity contribution in [3.05, 3.63) is 35.4 Å². The second-order valence-corrected chi connectivity index (χ2v) is 7.11. The van der Waals surface area contributed by atoms with E-state index >= 15 is 0 Å². The molecule has 1 aromatic carbocycles. The van der Waals surface area contributed by atoms with E-state index in [1.165, 1.54) is 0 Å². The Hall–Kier alpha value is -2.37. The first kappa shape index (κ1) is 18.0. The van der Waals surface area contributed by atoms with Gasteiger partial charge in [-0.15, -0.1) is 0 Å². The molecule has 6 heteroatoms. The van der Waals surface area contributed by atoms with Gasteiger partial charge in [0.05, 0.1) is 6.54 Å². The van der Waals surface area contributed by atoms with Crippen molar-refractivity contribution in [3.8, 4) is 0 Å². The number of carbonyl (C=O) groups excluding carboxylic acids is 3. The topological polar surface area (TPSA) is 84.5 Å². The lowest BCUT2D eigenvalue weighted by Crippen LogP contribution is -2.43. The fourth-order valence-electron chi connectivity index (χ4n) is 2.50. The van der Waals surface area contributed by atoms with Gasteiger partial charge in [0.1, 0.15) is 12.1 Å². The van der Waals surface area contributed by atoms with Gasteiger partial charge in [0.25, 0.3) is 5.91 Å².